The van der Waals surface area contributed by atoms with Crippen molar-refractivity contribution in [3.63, 3.8) is 0 Å². The maximum absolute atomic E-state index is 10.7. The summed E-state index contributed by atoms with van der Waals surface area (Å²) in [6.07, 6.45) is 0. The zero-order valence-electron chi connectivity index (χ0n) is 7.30. The number of hydrogen-bond acceptors (Lipinski definition) is 3. The van der Waals surface area contributed by atoms with E-state index in [0.29, 0.717) is 10.2 Å². The summed E-state index contributed by atoms with van der Waals surface area (Å²) in [6, 6.07) is 3.50. The Morgan fingerprint density at radius 3 is 2.54 bits per heavy atom. The van der Waals surface area contributed by atoms with Crippen LogP contribution >= 0.6 is 15.9 Å². The minimum Gasteiger partial charge on any atom is -0.382 e. The molecule has 0 aromatic heterocycles. The van der Waals surface area contributed by atoms with Gasteiger partial charge in [0, 0.05) is 7.05 Å². The first-order valence-electron chi connectivity index (χ1n) is 3.69. The molecular formula is C8H9BrN2O2. The van der Waals surface area contributed by atoms with Crippen LogP contribution < -0.4 is 5.32 Å². The van der Waals surface area contributed by atoms with Gasteiger partial charge in [-0.15, -0.1) is 0 Å². The minimum atomic E-state index is -0.400. The Hall–Kier alpha value is -1.10. The lowest BCUT2D eigenvalue weighted by Crippen LogP contribution is -1.99. The van der Waals surface area contributed by atoms with Crippen LogP contribution in [0.4, 0.5) is 11.4 Å². The van der Waals surface area contributed by atoms with Crippen molar-refractivity contribution < 1.29 is 4.92 Å². The number of nitrogens with zero attached hydrogens (tertiary/aromatic N) is 1. The topological polar surface area (TPSA) is 55.2 Å². The van der Waals surface area contributed by atoms with Gasteiger partial charge in [0.2, 0.25) is 0 Å². The molecule has 0 heterocycles. The average Bonchev–Trinajstić information content (AvgIpc) is 2.07. The van der Waals surface area contributed by atoms with Gasteiger partial charge in [0.25, 0.3) is 0 Å². The van der Waals surface area contributed by atoms with E-state index >= 15 is 0 Å². The molecule has 70 valence electrons. The summed E-state index contributed by atoms with van der Waals surface area (Å²) in [6.45, 7) is 1.82. The summed E-state index contributed by atoms with van der Waals surface area (Å²) < 4.78 is 0.493. The third-order valence-corrected chi connectivity index (χ3v) is 2.41. The number of benzene rings is 1. The van der Waals surface area contributed by atoms with Crippen LogP contribution in [0.25, 0.3) is 0 Å². The normalized spacial score (nSPS) is 9.77. The standard InChI is InChI=1S/C8H9BrN2O2/c1-5-3-4-6(9)8(11(12)13)7(5)10-2/h3-4,10H,1-2H3. The van der Waals surface area contributed by atoms with E-state index < -0.39 is 4.92 Å². The van der Waals surface area contributed by atoms with Gasteiger partial charge >= 0.3 is 5.69 Å². The van der Waals surface area contributed by atoms with E-state index in [2.05, 4.69) is 21.2 Å². The fraction of sp³-hybridized carbons (Fsp3) is 0.250. The molecule has 0 radical (unpaired) electrons. The number of nitro groups is 1. The maximum atomic E-state index is 10.7. The van der Waals surface area contributed by atoms with Crippen LogP contribution in [-0.4, -0.2) is 12.0 Å². The van der Waals surface area contributed by atoms with Gasteiger partial charge in [0.1, 0.15) is 5.69 Å². The van der Waals surface area contributed by atoms with Gasteiger partial charge in [-0.3, -0.25) is 10.1 Å². The summed E-state index contributed by atoms with van der Waals surface area (Å²) in [5.41, 5.74) is 1.50. The summed E-state index contributed by atoms with van der Waals surface area (Å²) >= 11 is 3.14. The Morgan fingerprint density at radius 2 is 2.15 bits per heavy atom. The highest BCUT2D eigenvalue weighted by Gasteiger charge is 2.18. The molecule has 1 N–H and O–H groups in total. The van der Waals surface area contributed by atoms with Gasteiger partial charge in [-0.25, -0.2) is 0 Å². The van der Waals surface area contributed by atoms with Crippen molar-refractivity contribution in [3.05, 3.63) is 32.3 Å². The van der Waals surface area contributed by atoms with Crippen LogP contribution in [0.5, 0.6) is 0 Å². The lowest BCUT2D eigenvalue weighted by atomic mass is 10.2. The second-order valence-electron chi connectivity index (χ2n) is 2.60. The first kappa shape index (κ1) is 9.98. The quantitative estimate of drug-likeness (QED) is 0.643. The van der Waals surface area contributed by atoms with Crippen molar-refractivity contribution in [3.8, 4) is 0 Å². The SMILES string of the molecule is CNc1c(C)ccc(Br)c1[N+](=O)[O-]. The molecule has 0 amide bonds. The molecule has 1 aromatic rings. The molecule has 0 atom stereocenters. The second kappa shape index (κ2) is 3.74. The van der Waals surface area contributed by atoms with Gasteiger partial charge in [0.05, 0.1) is 9.40 Å². The zero-order chi connectivity index (χ0) is 10.0. The van der Waals surface area contributed by atoms with Crippen LogP contribution in [0.15, 0.2) is 16.6 Å². The van der Waals surface area contributed by atoms with Crippen molar-refractivity contribution in [2.45, 2.75) is 6.92 Å². The van der Waals surface area contributed by atoms with Crippen molar-refractivity contribution in [2.24, 2.45) is 0 Å². The number of rotatable bonds is 2. The number of nitrogens with one attached hydrogen (secondary N) is 1. The van der Waals surface area contributed by atoms with Gasteiger partial charge in [-0.05, 0) is 34.5 Å². The third-order valence-electron chi connectivity index (χ3n) is 1.77. The van der Waals surface area contributed by atoms with E-state index in [0.717, 1.165) is 5.56 Å². The van der Waals surface area contributed by atoms with E-state index in [4.69, 9.17) is 0 Å². The summed E-state index contributed by atoms with van der Waals surface area (Å²) in [7, 11) is 1.67. The highest BCUT2D eigenvalue weighted by molar-refractivity contribution is 9.10. The highest BCUT2D eigenvalue weighted by atomic mass is 79.9. The number of anilines is 1. The molecule has 0 saturated carbocycles. The molecule has 0 aliphatic rings. The molecule has 1 rings (SSSR count). The van der Waals surface area contributed by atoms with Crippen molar-refractivity contribution in [1.82, 2.24) is 0 Å². The Bertz CT molecular complexity index is 352. The Labute approximate surface area is 84.2 Å². The first-order chi connectivity index (χ1) is 6.07. The fourth-order valence-electron chi connectivity index (χ4n) is 1.16. The van der Waals surface area contributed by atoms with E-state index in [1.54, 1.807) is 13.1 Å². The molecule has 4 nitrogen and oxygen atoms in total. The van der Waals surface area contributed by atoms with Crippen LogP contribution in [0.1, 0.15) is 5.56 Å². The molecule has 0 aliphatic carbocycles. The lowest BCUT2D eigenvalue weighted by molar-refractivity contribution is -0.384. The smallest absolute Gasteiger partial charge is 0.306 e. The number of nitro benzene ring substituents is 1. The second-order valence-corrected chi connectivity index (χ2v) is 3.45. The number of hydrogen-bond donors (Lipinski definition) is 1. The fourth-order valence-corrected chi connectivity index (χ4v) is 1.64. The predicted octanol–water partition coefficient (Wildman–Crippen LogP) is 2.71. The molecule has 0 saturated heterocycles. The zero-order valence-corrected chi connectivity index (χ0v) is 8.88. The molecule has 0 fully saturated rings. The van der Waals surface area contributed by atoms with Crippen molar-refractivity contribution in [1.29, 1.82) is 0 Å². The summed E-state index contributed by atoms with van der Waals surface area (Å²) in [4.78, 5) is 10.3. The van der Waals surface area contributed by atoms with Gasteiger partial charge in [-0.2, -0.15) is 0 Å². The van der Waals surface area contributed by atoms with E-state index in [-0.39, 0.29) is 5.69 Å². The monoisotopic (exact) mass is 244 g/mol. The number of aryl methyl sites for hydroxylation is 1. The van der Waals surface area contributed by atoms with Crippen LogP contribution in [0.2, 0.25) is 0 Å². The molecule has 0 unspecified atom stereocenters. The van der Waals surface area contributed by atoms with Crippen LogP contribution in [0.3, 0.4) is 0 Å². The molecule has 0 spiro atoms. The summed E-state index contributed by atoms with van der Waals surface area (Å²) in [5.74, 6) is 0. The van der Waals surface area contributed by atoms with Gasteiger partial charge in [0.15, 0.2) is 0 Å². The maximum Gasteiger partial charge on any atom is 0.306 e. The molecule has 13 heavy (non-hydrogen) atoms. The Morgan fingerprint density at radius 1 is 1.54 bits per heavy atom. The van der Waals surface area contributed by atoms with E-state index in [9.17, 15) is 10.1 Å². The minimum absolute atomic E-state index is 0.0856. The van der Waals surface area contributed by atoms with Gasteiger partial charge < -0.3 is 5.32 Å². The van der Waals surface area contributed by atoms with Crippen LogP contribution in [0, 0.1) is 17.0 Å². The van der Waals surface area contributed by atoms with E-state index in [1.165, 1.54) is 0 Å². The molecule has 0 bridgehead atoms. The number of halogens is 1. The molecule has 0 aliphatic heterocycles. The Balaban J connectivity index is 3.43. The van der Waals surface area contributed by atoms with Gasteiger partial charge in [-0.1, -0.05) is 6.07 Å². The molecular weight excluding hydrogens is 236 g/mol. The average molecular weight is 245 g/mol. The predicted molar refractivity (Wildman–Crippen MR) is 55.1 cm³/mol. The third kappa shape index (κ3) is 1.80. The first-order valence-corrected chi connectivity index (χ1v) is 4.48. The lowest BCUT2D eigenvalue weighted by Gasteiger charge is -2.06. The largest absolute Gasteiger partial charge is 0.382 e. The molecule has 1 aromatic carbocycles. The van der Waals surface area contributed by atoms with Crippen molar-refractivity contribution in [2.75, 3.05) is 12.4 Å². The van der Waals surface area contributed by atoms with Crippen molar-refractivity contribution >= 4 is 27.3 Å². The highest BCUT2D eigenvalue weighted by Crippen LogP contribution is 2.34. The molecule has 5 heteroatoms. The summed E-state index contributed by atoms with van der Waals surface area (Å²) in [5, 5.41) is 13.5. The Kier molecular flexibility index (Phi) is 2.87. The van der Waals surface area contributed by atoms with E-state index in [1.807, 2.05) is 13.0 Å². The van der Waals surface area contributed by atoms with Crippen LogP contribution in [-0.2, 0) is 0 Å².